The van der Waals surface area contributed by atoms with Crippen LogP contribution in [0.3, 0.4) is 0 Å². The molecule has 114 valence electrons. The minimum absolute atomic E-state index is 0.0652. The van der Waals surface area contributed by atoms with Gasteiger partial charge in [-0.3, -0.25) is 4.79 Å². The van der Waals surface area contributed by atoms with Crippen molar-refractivity contribution >= 4 is 16.7 Å². The van der Waals surface area contributed by atoms with Crippen LogP contribution in [0.2, 0.25) is 0 Å². The van der Waals surface area contributed by atoms with E-state index in [1.807, 2.05) is 19.2 Å². The minimum atomic E-state index is -0.0652. The number of hydrogen-bond acceptors (Lipinski definition) is 6. The molecule has 4 rings (SSSR count). The van der Waals surface area contributed by atoms with Gasteiger partial charge in [0.05, 0.1) is 10.9 Å². The van der Waals surface area contributed by atoms with Crippen LogP contribution in [0.25, 0.3) is 16.7 Å². The van der Waals surface area contributed by atoms with E-state index in [1.165, 1.54) is 0 Å². The third-order valence-electron chi connectivity index (χ3n) is 4.11. The van der Waals surface area contributed by atoms with E-state index in [9.17, 15) is 4.79 Å². The molecule has 0 unspecified atom stereocenters. The Morgan fingerprint density at radius 1 is 1.18 bits per heavy atom. The molecule has 4 heterocycles. The summed E-state index contributed by atoms with van der Waals surface area (Å²) in [5.74, 6) is 1.16. The Bertz CT molecular complexity index is 905. The van der Waals surface area contributed by atoms with Gasteiger partial charge in [0.15, 0.2) is 0 Å². The van der Waals surface area contributed by atoms with E-state index in [0.29, 0.717) is 17.0 Å². The van der Waals surface area contributed by atoms with Crippen LogP contribution < -0.4 is 10.6 Å². The van der Waals surface area contributed by atoms with Crippen LogP contribution in [-0.2, 0) is 0 Å². The number of rotatable bonds is 1. The van der Waals surface area contributed by atoms with Gasteiger partial charge in [-0.25, -0.2) is 9.66 Å². The Kier molecular flexibility index (Phi) is 2.86. The SMILES string of the molecule is Cc1nc2ncc3c(=O)n(N4CCN(C)CC4)ccc3n2n1. The van der Waals surface area contributed by atoms with Crippen LogP contribution in [0.5, 0.6) is 0 Å². The Morgan fingerprint density at radius 3 is 2.73 bits per heavy atom. The minimum Gasteiger partial charge on any atom is -0.308 e. The van der Waals surface area contributed by atoms with Crippen molar-refractivity contribution in [2.75, 3.05) is 38.2 Å². The molecule has 0 aliphatic carbocycles. The summed E-state index contributed by atoms with van der Waals surface area (Å²) < 4.78 is 3.31. The molecule has 1 saturated heterocycles. The Hall–Kier alpha value is -2.48. The molecule has 22 heavy (non-hydrogen) atoms. The highest BCUT2D eigenvalue weighted by atomic mass is 16.1. The number of nitrogens with zero attached hydrogens (tertiary/aromatic N) is 7. The molecule has 1 fully saturated rings. The van der Waals surface area contributed by atoms with Gasteiger partial charge in [0, 0.05) is 38.6 Å². The maximum Gasteiger partial charge on any atom is 0.280 e. The van der Waals surface area contributed by atoms with Crippen LogP contribution in [0.1, 0.15) is 5.82 Å². The van der Waals surface area contributed by atoms with Crippen molar-refractivity contribution in [3.63, 3.8) is 0 Å². The van der Waals surface area contributed by atoms with E-state index < -0.39 is 0 Å². The molecule has 0 spiro atoms. The average Bonchev–Trinajstić information content (AvgIpc) is 2.89. The van der Waals surface area contributed by atoms with Gasteiger partial charge in [-0.2, -0.15) is 9.50 Å². The molecular weight excluding hydrogens is 282 g/mol. The molecule has 0 aromatic carbocycles. The quantitative estimate of drug-likeness (QED) is 0.610. The Balaban J connectivity index is 1.87. The van der Waals surface area contributed by atoms with Gasteiger partial charge in [-0.15, -0.1) is 5.10 Å². The van der Waals surface area contributed by atoms with Crippen LogP contribution >= 0.6 is 0 Å². The number of hydrogen-bond donors (Lipinski definition) is 0. The lowest BCUT2D eigenvalue weighted by Crippen LogP contribution is -2.52. The van der Waals surface area contributed by atoms with Gasteiger partial charge in [0.25, 0.3) is 11.3 Å². The molecule has 3 aromatic rings. The van der Waals surface area contributed by atoms with Crippen LogP contribution in [-0.4, -0.2) is 62.4 Å². The number of aryl methyl sites for hydroxylation is 1. The normalized spacial score (nSPS) is 16.7. The summed E-state index contributed by atoms with van der Waals surface area (Å²) in [6.07, 6.45) is 3.40. The zero-order valence-corrected chi connectivity index (χ0v) is 12.6. The van der Waals surface area contributed by atoms with Gasteiger partial charge in [-0.1, -0.05) is 0 Å². The number of piperazine rings is 1. The first-order valence-corrected chi connectivity index (χ1v) is 7.31. The molecule has 0 radical (unpaired) electrons. The van der Waals surface area contributed by atoms with Crippen LogP contribution in [0, 0.1) is 6.92 Å². The topological polar surface area (TPSA) is 71.6 Å². The third kappa shape index (κ3) is 1.95. The second-order valence-corrected chi connectivity index (χ2v) is 5.65. The first-order valence-electron chi connectivity index (χ1n) is 7.31. The van der Waals surface area contributed by atoms with Crippen LogP contribution in [0.15, 0.2) is 23.3 Å². The first kappa shape index (κ1) is 13.2. The summed E-state index contributed by atoms with van der Waals surface area (Å²) >= 11 is 0. The van der Waals surface area contributed by atoms with E-state index in [2.05, 4.69) is 32.0 Å². The van der Waals surface area contributed by atoms with Crippen molar-refractivity contribution in [3.05, 3.63) is 34.6 Å². The van der Waals surface area contributed by atoms with Gasteiger partial charge < -0.3 is 9.91 Å². The van der Waals surface area contributed by atoms with Gasteiger partial charge in [0.1, 0.15) is 5.82 Å². The average molecular weight is 299 g/mol. The number of likely N-dealkylation sites (N-methyl/N-ethyl adjacent to an activating group) is 1. The molecule has 0 saturated carbocycles. The Morgan fingerprint density at radius 2 is 1.95 bits per heavy atom. The highest BCUT2D eigenvalue weighted by Gasteiger charge is 2.17. The van der Waals surface area contributed by atoms with Crippen molar-refractivity contribution in [1.82, 2.24) is 29.2 Å². The highest BCUT2D eigenvalue weighted by Crippen LogP contribution is 2.10. The van der Waals surface area contributed by atoms with E-state index in [1.54, 1.807) is 15.4 Å². The third-order valence-corrected chi connectivity index (χ3v) is 4.11. The van der Waals surface area contributed by atoms with Gasteiger partial charge >= 0.3 is 0 Å². The van der Waals surface area contributed by atoms with Crippen molar-refractivity contribution in [1.29, 1.82) is 0 Å². The summed E-state index contributed by atoms with van der Waals surface area (Å²) in [6, 6.07) is 1.90. The monoisotopic (exact) mass is 299 g/mol. The number of pyridine rings is 1. The lowest BCUT2D eigenvalue weighted by atomic mass is 10.3. The summed E-state index contributed by atoms with van der Waals surface area (Å²) in [7, 11) is 2.09. The van der Waals surface area contributed by atoms with E-state index in [0.717, 1.165) is 31.7 Å². The van der Waals surface area contributed by atoms with Crippen molar-refractivity contribution in [2.24, 2.45) is 0 Å². The molecule has 3 aromatic heterocycles. The molecule has 1 aliphatic heterocycles. The maximum atomic E-state index is 12.8. The zero-order valence-electron chi connectivity index (χ0n) is 12.6. The zero-order chi connectivity index (χ0) is 15.3. The lowest BCUT2D eigenvalue weighted by Gasteiger charge is -2.34. The highest BCUT2D eigenvalue weighted by molar-refractivity contribution is 5.78. The fourth-order valence-corrected chi connectivity index (χ4v) is 2.84. The summed E-state index contributed by atoms with van der Waals surface area (Å²) in [5.41, 5.74) is 0.672. The smallest absolute Gasteiger partial charge is 0.280 e. The Labute approximate surface area is 126 Å². The summed E-state index contributed by atoms with van der Waals surface area (Å²) in [5, 5.41) is 6.93. The fourth-order valence-electron chi connectivity index (χ4n) is 2.84. The first-order chi connectivity index (χ1) is 10.6. The van der Waals surface area contributed by atoms with Gasteiger partial charge in [0.2, 0.25) is 0 Å². The number of fused-ring (bicyclic) bond motifs is 3. The molecule has 0 atom stereocenters. The van der Waals surface area contributed by atoms with Crippen molar-refractivity contribution in [3.8, 4) is 0 Å². The lowest BCUT2D eigenvalue weighted by molar-refractivity contribution is 0.286. The van der Waals surface area contributed by atoms with Gasteiger partial charge in [-0.05, 0) is 20.0 Å². The van der Waals surface area contributed by atoms with Crippen molar-refractivity contribution in [2.45, 2.75) is 6.92 Å². The van der Waals surface area contributed by atoms with Crippen molar-refractivity contribution < 1.29 is 0 Å². The largest absolute Gasteiger partial charge is 0.308 e. The predicted octanol–water partition coefficient (Wildman–Crippen LogP) is -0.369. The molecule has 0 amide bonds. The maximum absolute atomic E-state index is 12.8. The molecule has 1 aliphatic rings. The second-order valence-electron chi connectivity index (χ2n) is 5.65. The predicted molar refractivity (Wildman–Crippen MR) is 82.7 cm³/mol. The standard InChI is InChI=1S/C14H17N7O/c1-10-16-14-15-9-11-12(21(14)17-10)3-4-20(13(11)22)19-7-5-18(2)6-8-19/h3-4,9H,5-8H2,1-2H3. The van der Waals surface area contributed by atoms with E-state index in [4.69, 9.17) is 0 Å². The number of aromatic nitrogens is 5. The molecule has 0 N–H and O–H groups in total. The summed E-state index contributed by atoms with van der Waals surface area (Å²) in [4.78, 5) is 23.5. The molecule has 8 nitrogen and oxygen atoms in total. The fraction of sp³-hybridized carbons (Fsp3) is 0.429. The van der Waals surface area contributed by atoms with Crippen LogP contribution in [0.4, 0.5) is 0 Å². The molecule has 8 heteroatoms. The molecule has 0 bridgehead atoms. The second kappa shape index (κ2) is 4.77. The van der Waals surface area contributed by atoms with E-state index in [-0.39, 0.29) is 5.56 Å². The summed E-state index contributed by atoms with van der Waals surface area (Å²) in [6.45, 7) is 5.38. The van der Waals surface area contributed by atoms with E-state index >= 15 is 0 Å². The molecular formula is C14H17N7O.